The Morgan fingerprint density at radius 2 is 1.67 bits per heavy atom. The molecule has 1 N–H and O–H groups in total. The van der Waals surface area contributed by atoms with E-state index in [9.17, 15) is 9.90 Å². The van der Waals surface area contributed by atoms with Gasteiger partial charge in [0.15, 0.2) is 0 Å². The Bertz CT molecular complexity index is 1910. The number of hydrogen-bond acceptors (Lipinski definition) is 3. The minimum Gasteiger partial charge on any atom is -0.478 e. The lowest BCUT2D eigenvalue weighted by atomic mass is 9.59. The lowest BCUT2D eigenvalue weighted by Gasteiger charge is -2.44. The van der Waals surface area contributed by atoms with Gasteiger partial charge in [-0.15, -0.1) is 0 Å². The lowest BCUT2D eigenvalue weighted by molar-refractivity contribution is 0.0697. The van der Waals surface area contributed by atoms with E-state index in [4.69, 9.17) is 4.98 Å². The molecule has 6 aromatic rings. The van der Waals surface area contributed by atoms with Crippen LogP contribution in [-0.4, -0.2) is 21.0 Å². The van der Waals surface area contributed by atoms with Gasteiger partial charge < -0.3 is 5.11 Å². The number of rotatable bonds is 3. The van der Waals surface area contributed by atoms with E-state index in [-0.39, 0.29) is 22.8 Å². The summed E-state index contributed by atoms with van der Waals surface area (Å²) in [5, 5.41) is 15.3. The number of carbonyl (C=O) groups is 1. The third kappa shape index (κ3) is 3.70. The third-order valence-corrected chi connectivity index (χ3v) is 8.75. The molecule has 0 saturated heterocycles. The van der Waals surface area contributed by atoms with E-state index in [1.807, 2.05) is 30.6 Å². The first-order chi connectivity index (χ1) is 18.9. The van der Waals surface area contributed by atoms with Gasteiger partial charge in [0, 0.05) is 29.4 Å². The highest BCUT2D eigenvalue weighted by atomic mass is 16.4. The molecule has 2 atom stereocenters. The van der Waals surface area contributed by atoms with Gasteiger partial charge >= 0.3 is 5.97 Å². The van der Waals surface area contributed by atoms with Crippen LogP contribution in [0.4, 0.5) is 0 Å². The molecule has 190 valence electrons. The highest BCUT2D eigenvalue weighted by molar-refractivity contribution is 6.09. The molecule has 0 fully saturated rings. The molecule has 0 radical (unpaired) electrons. The number of fused-ring (bicyclic) bond motifs is 6. The van der Waals surface area contributed by atoms with Crippen LogP contribution in [0.2, 0.25) is 0 Å². The number of carboxylic acids is 1. The molecule has 2 unspecified atom stereocenters. The van der Waals surface area contributed by atoms with Crippen LogP contribution in [0.1, 0.15) is 64.8 Å². The van der Waals surface area contributed by atoms with Gasteiger partial charge in [-0.05, 0) is 86.3 Å². The Morgan fingerprint density at radius 3 is 2.49 bits per heavy atom. The van der Waals surface area contributed by atoms with E-state index in [0.29, 0.717) is 0 Å². The van der Waals surface area contributed by atoms with E-state index in [2.05, 4.69) is 79.5 Å². The summed E-state index contributed by atoms with van der Waals surface area (Å²) in [5.74, 6) is -0.595. The van der Waals surface area contributed by atoms with E-state index in [1.54, 1.807) is 12.1 Å². The zero-order valence-electron chi connectivity index (χ0n) is 21.9. The van der Waals surface area contributed by atoms with Crippen molar-refractivity contribution in [2.75, 3.05) is 0 Å². The van der Waals surface area contributed by atoms with Crippen LogP contribution in [0.3, 0.4) is 0 Å². The minimum absolute atomic E-state index is 0.0756. The Balaban J connectivity index is 1.49. The number of carboxylic acid groups (broad SMARTS) is 1. The van der Waals surface area contributed by atoms with Crippen LogP contribution in [0.25, 0.3) is 32.4 Å². The topological polar surface area (TPSA) is 63.1 Å². The van der Waals surface area contributed by atoms with Crippen LogP contribution in [-0.2, 0) is 5.41 Å². The maximum Gasteiger partial charge on any atom is 0.335 e. The average Bonchev–Trinajstić information content (AvgIpc) is 2.96. The first kappa shape index (κ1) is 23.5. The molecule has 0 saturated carbocycles. The molecule has 4 heteroatoms. The van der Waals surface area contributed by atoms with Crippen LogP contribution in [0.15, 0.2) is 103 Å². The molecular weight excluding hydrogens is 480 g/mol. The SMILES string of the molecule is CC1(C)c2ccc3c(ccc4ccccc43)c2C(c2ccc3cc(C(=O)O)ccc3n2)CC1c1cccnc1. The number of aromatic carboxylic acids is 1. The van der Waals surface area contributed by atoms with Crippen molar-refractivity contribution in [1.29, 1.82) is 0 Å². The highest BCUT2D eigenvalue weighted by Gasteiger charge is 2.43. The van der Waals surface area contributed by atoms with Gasteiger partial charge in [-0.2, -0.15) is 0 Å². The van der Waals surface area contributed by atoms with Gasteiger partial charge in [-0.25, -0.2) is 4.79 Å². The number of aromatic nitrogens is 2. The van der Waals surface area contributed by atoms with Crippen molar-refractivity contribution in [2.24, 2.45) is 0 Å². The van der Waals surface area contributed by atoms with Gasteiger partial charge in [0.25, 0.3) is 0 Å². The number of pyridine rings is 2. The van der Waals surface area contributed by atoms with Crippen LogP contribution >= 0.6 is 0 Å². The normalized spacial score (nSPS) is 18.3. The minimum atomic E-state index is -0.928. The Hall–Kier alpha value is -4.57. The molecule has 0 aliphatic heterocycles. The van der Waals surface area contributed by atoms with Gasteiger partial charge in [-0.3, -0.25) is 9.97 Å². The zero-order chi connectivity index (χ0) is 26.7. The molecule has 0 amide bonds. The first-order valence-corrected chi connectivity index (χ1v) is 13.4. The molecule has 0 spiro atoms. The summed E-state index contributed by atoms with van der Waals surface area (Å²) in [6.45, 7) is 4.71. The smallest absolute Gasteiger partial charge is 0.335 e. The fourth-order valence-electron chi connectivity index (χ4n) is 6.76. The molecule has 4 aromatic carbocycles. The highest BCUT2D eigenvalue weighted by Crippen LogP contribution is 2.54. The second kappa shape index (κ2) is 8.74. The van der Waals surface area contributed by atoms with E-state index in [0.717, 1.165) is 23.0 Å². The van der Waals surface area contributed by atoms with Crippen LogP contribution in [0, 0.1) is 0 Å². The summed E-state index contributed by atoms with van der Waals surface area (Å²) in [5.41, 5.74) is 5.92. The van der Waals surface area contributed by atoms with E-state index >= 15 is 0 Å². The summed E-state index contributed by atoms with van der Waals surface area (Å²) in [6.07, 6.45) is 4.74. The summed E-state index contributed by atoms with van der Waals surface area (Å²) in [4.78, 5) is 21.1. The molecule has 7 rings (SSSR count). The van der Waals surface area contributed by atoms with Crippen molar-refractivity contribution in [3.8, 4) is 0 Å². The van der Waals surface area contributed by atoms with Crippen LogP contribution in [0.5, 0.6) is 0 Å². The number of hydrogen-bond donors (Lipinski definition) is 1. The van der Waals surface area contributed by atoms with Crippen LogP contribution < -0.4 is 0 Å². The monoisotopic (exact) mass is 508 g/mol. The fourth-order valence-corrected chi connectivity index (χ4v) is 6.76. The number of nitrogens with zero attached hydrogens (tertiary/aromatic N) is 2. The first-order valence-electron chi connectivity index (χ1n) is 13.4. The molecule has 1 aliphatic rings. The van der Waals surface area contributed by atoms with Gasteiger partial charge in [-0.1, -0.05) is 74.5 Å². The molecular formula is C35H28N2O2. The average molecular weight is 509 g/mol. The van der Waals surface area contributed by atoms with Gasteiger partial charge in [0.1, 0.15) is 0 Å². The maximum absolute atomic E-state index is 11.5. The lowest BCUT2D eigenvalue weighted by Crippen LogP contribution is -2.35. The number of benzene rings is 4. The van der Waals surface area contributed by atoms with Crippen molar-refractivity contribution in [1.82, 2.24) is 9.97 Å². The third-order valence-electron chi connectivity index (χ3n) is 8.75. The Morgan fingerprint density at radius 1 is 0.846 bits per heavy atom. The molecule has 2 heterocycles. The van der Waals surface area contributed by atoms with E-state index in [1.165, 1.54) is 38.2 Å². The largest absolute Gasteiger partial charge is 0.478 e. The van der Waals surface area contributed by atoms with Gasteiger partial charge in [0.05, 0.1) is 11.1 Å². The summed E-state index contributed by atoms with van der Waals surface area (Å²) in [7, 11) is 0. The van der Waals surface area contributed by atoms with Gasteiger partial charge in [0.2, 0.25) is 0 Å². The standard InChI is InChI=1S/C35H28N2O2/c1-35(2)29-14-13-26-25-8-4-3-6-21(25)9-12-27(26)33(29)28(19-30(35)24-7-5-17-36-20-24)32-16-10-22-18-23(34(38)39)11-15-31(22)37-32/h3-18,20,28,30H,19H2,1-2H3,(H,38,39). The predicted octanol–water partition coefficient (Wildman–Crippen LogP) is 8.23. The fraction of sp³-hybridized carbons (Fsp3) is 0.171. The molecule has 1 aliphatic carbocycles. The second-order valence-corrected chi connectivity index (χ2v) is 11.2. The summed E-state index contributed by atoms with van der Waals surface area (Å²) in [6, 6.07) is 31.2. The van der Waals surface area contributed by atoms with Crippen molar-refractivity contribution in [3.63, 3.8) is 0 Å². The second-order valence-electron chi connectivity index (χ2n) is 11.2. The molecule has 39 heavy (non-hydrogen) atoms. The summed E-state index contributed by atoms with van der Waals surface area (Å²) < 4.78 is 0. The Labute approximate surface area is 227 Å². The molecule has 2 aromatic heterocycles. The van der Waals surface area contributed by atoms with E-state index < -0.39 is 5.97 Å². The zero-order valence-corrected chi connectivity index (χ0v) is 21.9. The Kier molecular flexibility index (Phi) is 5.27. The van der Waals surface area contributed by atoms with Crippen molar-refractivity contribution < 1.29 is 9.90 Å². The molecule has 4 nitrogen and oxygen atoms in total. The predicted molar refractivity (Wildman–Crippen MR) is 157 cm³/mol. The maximum atomic E-state index is 11.5. The summed E-state index contributed by atoms with van der Waals surface area (Å²) >= 11 is 0. The molecule has 0 bridgehead atoms. The van der Waals surface area contributed by atoms with Crippen molar-refractivity contribution >= 4 is 38.4 Å². The quantitative estimate of drug-likeness (QED) is 0.245. The van der Waals surface area contributed by atoms with Crippen molar-refractivity contribution in [3.05, 3.63) is 131 Å². The van der Waals surface area contributed by atoms with Crippen molar-refractivity contribution in [2.45, 2.75) is 37.5 Å².